The minimum atomic E-state index is 0.822. The quantitative estimate of drug-likeness (QED) is 0.0969. The summed E-state index contributed by atoms with van der Waals surface area (Å²) in [6, 6.07) is 69.1. The second-order valence-electron chi connectivity index (χ2n) is 14.3. The van der Waals surface area contributed by atoms with Gasteiger partial charge >= 0.3 is 0 Å². The van der Waals surface area contributed by atoms with Gasteiger partial charge in [-0.15, -0.1) is 0 Å². The number of methoxy groups -OCH3 is 1. The molecule has 0 aliphatic carbocycles. The number of rotatable bonds is 11. The third-order valence-electron chi connectivity index (χ3n) is 10.4. The first-order chi connectivity index (χ1) is 28.0. The van der Waals surface area contributed by atoms with Crippen LogP contribution in [0.1, 0.15) is 44.5 Å². The van der Waals surface area contributed by atoms with Crippen molar-refractivity contribution < 1.29 is 4.74 Å². The zero-order valence-corrected chi connectivity index (χ0v) is 32.6. The third-order valence-corrected chi connectivity index (χ3v) is 10.4. The molecule has 0 spiro atoms. The summed E-state index contributed by atoms with van der Waals surface area (Å²) in [5.74, 6) is 0.822. The van der Waals surface area contributed by atoms with Crippen LogP contribution in [0.3, 0.4) is 0 Å². The number of benzene rings is 8. The molecular formula is C55H45NO. The minimum Gasteiger partial charge on any atom is -0.497 e. The Morgan fingerprint density at radius 3 is 1.49 bits per heavy atom. The van der Waals surface area contributed by atoms with Crippen molar-refractivity contribution in [2.24, 2.45) is 0 Å². The van der Waals surface area contributed by atoms with E-state index in [1.54, 1.807) is 7.11 Å². The normalized spacial score (nSPS) is 11.0. The predicted octanol–water partition coefficient (Wildman–Crippen LogP) is 14.7. The standard InChI is InChI=1S/C55H45NO/c1-40-21-27-46(28-22-40)51(47-29-23-41(2)24-30-47)20-12-17-45-31-38-55(53-19-11-10-18-52(45)53)56(49-34-36-50(57-3)37-35-49)48-32-25-42(26-33-48)39-54(43-13-6-4-7-14-43)44-15-8-5-9-16-44/h4-39H,1-3H3/b17-12+. The van der Waals surface area contributed by atoms with Gasteiger partial charge in [-0.05, 0) is 112 Å². The molecule has 0 atom stereocenters. The first kappa shape index (κ1) is 36.8. The second kappa shape index (κ2) is 17.1. The van der Waals surface area contributed by atoms with E-state index >= 15 is 0 Å². The Balaban J connectivity index is 1.19. The van der Waals surface area contributed by atoms with E-state index in [2.05, 4.69) is 225 Å². The van der Waals surface area contributed by atoms with E-state index in [4.69, 9.17) is 4.74 Å². The molecule has 0 unspecified atom stereocenters. The molecule has 0 saturated carbocycles. The predicted molar refractivity (Wildman–Crippen MR) is 244 cm³/mol. The van der Waals surface area contributed by atoms with Crippen molar-refractivity contribution >= 4 is 51.1 Å². The molecule has 0 fully saturated rings. The molecule has 0 amide bonds. The molecule has 0 saturated heterocycles. The van der Waals surface area contributed by atoms with Gasteiger partial charge < -0.3 is 9.64 Å². The fraction of sp³-hybridized carbons (Fsp3) is 0.0545. The van der Waals surface area contributed by atoms with Gasteiger partial charge in [0.1, 0.15) is 5.75 Å². The van der Waals surface area contributed by atoms with Gasteiger partial charge in [0.2, 0.25) is 0 Å². The van der Waals surface area contributed by atoms with Crippen LogP contribution in [0.25, 0.3) is 34.1 Å². The van der Waals surface area contributed by atoms with Crippen LogP contribution in [-0.4, -0.2) is 7.11 Å². The number of ether oxygens (including phenoxy) is 1. The highest BCUT2D eigenvalue weighted by atomic mass is 16.5. The van der Waals surface area contributed by atoms with Crippen LogP contribution >= 0.6 is 0 Å². The van der Waals surface area contributed by atoms with Gasteiger partial charge in [0, 0.05) is 16.8 Å². The van der Waals surface area contributed by atoms with E-state index in [1.165, 1.54) is 49.9 Å². The zero-order valence-electron chi connectivity index (χ0n) is 32.6. The minimum absolute atomic E-state index is 0.822. The summed E-state index contributed by atoms with van der Waals surface area (Å²) in [7, 11) is 1.71. The molecule has 0 bridgehead atoms. The van der Waals surface area contributed by atoms with E-state index in [9.17, 15) is 0 Å². The van der Waals surface area contributed by atoms with Gasteiger partial charge in [-0.1, -0.05) is 181 Å². The summed E-state index contributed by atoms with van der Waals surface area (Å²) < 4.78 is 5.56. The summed E-state index contributed by atoms with van der Waals surface area (Å²) in [6.45, 7) is 4.26. The molecule has 0 radical (unpaired) electrons. The monoisotopic (exact) mass is 735 g/mol. The highest BCUT2D eigenvalue weighted by Crippen LogP contribution is 2.41. The highest BCUT2D eigenvalue weighted by Gasteiger charge is 2.17. The maximum absolute atomic E-state index is 5.56. The lowest BCUT2D eigenvalue weighted by atomic mass is 9.95. The fourth-order valence-corrected chi connectivity index (χ4v) is 7.33. The Bertz CT molecular complexity index is 2580. The summed E-state index contributed by atoms with van der Waals surface area (Å²) in [4.78, 5) is 2.34. The number of allylic oxidation sites excluding steroid dienone is 2. The maximum Gasteiger partial charge on any atom is 0.119 e. The number of hydrogen-bond acceptors (Lipinski definition) is 2. The maximum atomic E-state index is 5.56. The largest absolute Gasteiger partial charge is 0.497 e. The molecule has 0 N–H and O–H groups in total. The Labute approximate surface area is 337 Å². The van der Waals surface area contributed by atoms with Gasteiger partial charge in [-0.3, -0.25) is 0 Å². The number of anilines is 3. The lowest BCUT2D eigenvalue weighted by Crippen LogP contribution is -2.10. The van der Waals surface area contributed by atoms with Crippen molar-refractivity contribution in [3.05, 3.63) is 251 Å². The summed E-state index contributed by atoms with van der Waals surface area (Å²) in [5, 5.41) is 2.34. The van der Waals surface area contributed by atoms with Crippen LogP contribution in [0.15, 0.2) is 206 Å². The van der Waals surface area contributed by atoms with Crippen LogP contribution in [-0.2, 0) is 0 Å². The molecule has 8 rings (SSSR count). The van der Waals surface area contributed by atoms with E-state index in [-0.39, 0.29) is 0 Å². The number of fused-ring (bicyclic) bond motifs is 1. The van der Waals surface area contributed by atoms with Crippen molar-refractivity contribution in [2.45, 2.75) is 13.8 Å². The molecular weight excluding hydrogens is 691 g/mol. The molecule has 2 nitrogen and oxygen atoms in total. The fourth-order valence-electron chi connectivity index (χ4n) is 7.33. The molecule has 8 aromatic rings. The molecule has 2 heteroatoms. The van der Waals surface area contributed by atoms with Crippen LogP contribution in [0.4, 0.5) is 17.1 Å². The van der Waals surface area contributed by atoms with Crippen molar-refractivity contribution in [1.82, 2.24) is 0 Å². The highest BCUT2D eigenvalue weighted by molar-refractivity contribution is 6.03. The van der Waals surface area contributed by atoms with E-state index in [0.29, 0.717) is 0 Å². The first-order valence-electron chi connectivity index (χ1n) is 19.4. The van der Waals surface area contributed by atoms with Gasteiger partial charge in [0.25, 0.3) is 0 Å². The topological polar surface area (TPSA) is 12.5 Å². The summed E-state index contributed by atoms with van der Waals surface area (Å²) in [5.41, 5.74) is 15.1. The van der Waals surface area contributed by atoms with E-state index in [1.807, 2.05) is 12.1 Å². The van der Waals surface area contributed by atoms with Gasteiger partial charge in [0.05, 0.1) is 12.8 Å². The molecule has 57 heavy (non-hydrogen) atoms. The first-order valence-corrected chi connectivity index (χ1v) is 19.4. The van der Waals surface area contributed by atoms with Crippen molar-refractivity contribution in [1.29, 1.82) is 0 Å². The van der Waals surface area contributed by atoms with Crippen molar-refractivity contribution in [3.63, 3.8) is 0 Å². The second-order valence-corrected chi connectivity index (χ2v) is 14.3. The average molecular weight is 736 g/mol. The van der Waals surface area contributed by atoms with E-state index in [0.717, 1.165) is 39.3 Å². The van der Waals surface area contributed by atoms with Crippen LogP contribution < -0.4 is 9.64 Å². The van der Waals surface area contributed by atoms with Crippen molar-refractivity contribution in [3.8, 4) is 5.75 Å². The van der Waals surface area contributed by atoms with Gasteiger partial charge in [-0.25, -0.2) is 0 Å². The van der Waals surface area contributed by atoms with Gasteiger partial charge in [0.15, 0.2) is 0 Å². The Hall–Kier alpha value is -7.16. The van der Waals surface area contributed by atoms with Gasteiger partial charge in [-0.2, -0.15) is 0 Å². The van der Waals surface area contributed by atoms with Crippen LogP contribution in [0.5, 0.6) is 5.75 Å². The van der Waals surface area contributed by atoms with E-state index < -0.39 is 0 Å². The van der Waals surface area contributed by atoms with Crippen LogP contribution in [0, 0.1) is 13.8 Å². The molecule has 8 aromatic carbocycles. The third kappa shape index (κ3) is 8.42. The smallest absolute Gasteiger partial charge is 0.119 e. The van der Waals surface area contributed by atoms with Crippen molar-refractivity contribution in [2.75, 3.05) is 12.0 Å². The lowest BCUT2D eigenvalue weighted by Gasteiger charge is -2.27. The Morgan fingerprint density at radius 2 is 0.947 bits per heavy atom. The average Bonchev–Trinajstić information content (AvgIpc) is 3.27. The number of nitrogens with zero attached hydrogens (tertiary/aromatic N) is 1. The Kier molecular flexibility index (Phi) is 11.0. The summed E-state index contributed by atoms with van der Waals surface area (Å²) >= 11 is 0. The molecule has 0 heterocycles. The number of hydrogen-bond donors (Lipinski definition) is 0. The molecule has 0 aliphatic rings. The molecule has 0 aliphatic heterocycles. The number of aryl methyl sites for hydroxylation is 2. The lowest BCUT2D eigenvalue weighted by molar-refractivity contribution is 0.415. The molecule has 276 valence electrons. The Morgan fingerprint density at radius 1 is 0.456 bits per heavy atom. The van der Waals surface area contributed by atoms with Crippen LogP contribution in [0.2, 0.25) is 0 Å². The zero-order chi connectivity index (χ0) is 39.0. The SMILES string of the molecule is COc1ccc(N(c2ccc(C=C(c3ccccc3)c3ccccc3)cc2)c2ccc(/C=C/C=C(c3ccc(C)cc3)c3ccc(C)cc3)c3ccccc23)cc1. The summed E-state index contributed by atoms with van der Waals surface area (Å²) in [6.07, 6.45) is 8.92. The molecule has 0 aromatic heterocycles.